The quantitative estimate of drug-likeness (QED) is 0.781. The minimum Gasteiger partial charge on any atom is -0.325 e. The molecule has 4 nitrogen and oxygen atoms in total. The molecule has 3 aromatic rings. The fraction of sp³-hybridized carbons (Fsp3) is 0.125. The molecule has 0 saturated carbocycles. The topological polar surface area (TPSA) is 51.1 Å². The Morgan fingerprint density at radius 2 is 1.88 bits per heavy atom. The number of carbonyl (C=O) groups excluding carboxylic acids is 1. The number of halogens is 3. The molecular weight excluding hydrogens is 341 g/mol. The lowest BCUT2D eigenvalue weighted by Crippen LogP contribution is -2.24. The standard InChI is InChI=1S/C16H11F3N2O2S/c17-16(18,19)10-4-3-5-11(8-10)20-14(22)9-21-12-6-1-2-7-13(12)24-15(21)23/h1-8H,9H2,(H,20,22). The van der Waals surface area contributed by atoms with Crippen molar-refractivity contribution in [1.82, 2.24) is 4.57 Å². The Kier molecular flexibility index (Phi) is 4.15. The number of nitrogens with one attached hydrogen (secondary N) is 1. The zero-order valence-electron chi connectivity index (χ0n) is 12.1. The summed E-state index contributed by atoms with van der Waals surface area (Å²) in [5.74, 6) is -0.569. The van der Waals surface area contributed by atoms with E-state index in [1.54, 1.807) is 24.3 Å². The Morgan fingerprint density at radius 3 is 2.62 bits per heavy atom. The summed E-state index contributed by atoms with van der Waals surface area (Å²) in [6.07, 6.45) is -4.48. The van der Waals surface area contributed by atoms with E-state index < -0.39 is 17.6 Å². The maximum atomic E-state index is 12.7. The molecule has 2 aromatic carbocycles. The van der Waals surface area contributed by atoms with Crippen molar-refractivity contribution in [1.29, 1.82) is 0 Å². The predicted molar refractivity (Wildman–Crippen MR) is 86.2 cm³/mol. The van der Waals surface area contributed by atoms with Crippen molar-refractivity contribution in [3.8, 4) is 0 Å². The molecule has 8 heteroatoms. The van der Waals surface area contributed by atoms with Gasteiger partial charge < -0.3 is 5.32 Å². The van der Waals surface area contributed by atoms with Gasteiger partial charge in [0, 0.05) is 5.69 Å². The number of fused-ring (bicyclic) bond motifs is 1. The second kappa shape index (κ2) is 6.12. The van der Waals surface area contributed by atoms with Crippen LogP contribution in [0, 0.1) is 0 Å². The van der Waals surface area contributed by atoms with E-state index in [1.807, 2.05) is 0 Å². The lowest BCUT2D eigenvalue weighted by atomic mass is 10.2. The van der Waals surface area contributed by atoms with E-state index in [2.05, 4.69) is 5.32 Å². The van der Waals surface area contributed by atoms with Crippen LogP contribution in [0.2, 0.25) is 0 Å². The Balaban J connectivity index is 1.81. The average Bonchev–Trinajstić information content (AvgIpc) is 2.83. The van der Waals surface area contributed by atoms with Crippen molar-refractivity contribution in [2.24, 2.45) is 0 Å². The summed E-state index contributed by atoms with van der Waals surface area (Å²) >= 11 is 1.01. The summed E-state index contributed by atoms with van der Waals surface area (Å²) in [5, 5.41) is 2.39. The maximum absolute atomic E-state index is 12.7. The minimum atomic E-state index is -4.48. The maximum Gasteiger partial charge on any atom is 0.416 e. The monoisotopic (exact) mass is 352 g/mol. The number of hydrogen-bond donors (Lipinski definition) is 1. The second-order valence-corrected chi connectivity index (χ2v) is 6.04. The Morgan fingerprint density at radius 1 is 1.12 bits per heavy atom. The largest absolute Gasteiger partial charge is 0.416 e. The van der Waals surface area contributed by atoms with Crippen LogP contribution in [0.4, 0.5) is 18.9 Å². The fourth-order valence-corrected chi connectivity index (χ4v) is 3.17. The molecule has 24 heavy (non-hydrogen) atoms. The van der Waals surface area contributed by atoms with Crippen LogP contribution in [-0.2, 0) is 17.5 Å². The zero-order valence-corrected chi connectivity index (χ0v) is 12.9. The Labute approximate surface area is 138 Å². The molecule has 0 radical (unpaired) electrons. The third kappa shape index (κ3) is 3.33. The van der Waals surface area contributed by atoms with Crippen LogP contribution in [-0.4, -0.2) is 10.5 Å². The van der Waals surface area contributed by atoms with Gasteiger partial charge >= 0.3 is 11.0 Å². The number of rotatable bonds is 3. The molecule has 1 amide bonds. The van der Waals surface area contributed by atoms with Crippen molar-refractivity contribution in [2.75, 3.05) is 5.32 Å². The number of aromatic nitrogens is 1. The molecule has 3 rings (SSSR count). The third-order valence-electron chi connectivity index (χ3n) is 3.35. The first-order valence-corrected chi connectivity index (χ1v) is 7.72. The van der Waals surface area contributed by atoms with Crippen molar-refractivity contribution in [2.45, 2.75) is 12.7 Å². The molecule has 0 aliphatic heterocycles. The first-order valence-electron chi connectivity index (χ1n) is 6.90. The lowest BCUT2D eigenvalue weighted by Gasteiger charge is -2.10. The van der Waals surface area contributed by atoms with E-state index in [9.17, 15) is 22.8 Å². The van der Waals surface area contributed by atoms with Gasteiger partial charge in [-0.3, -0.25) is 14.2 Å². The number of alkyl halides is 3. The van der Waals surface area contributed by atoms with E-state index >= 15 is 0 Å². The molecule has 0 fully saturated rings. The summed E-state index contributed by atoms with van der Waals surface area (Å²) in [7, 11) is 0. The molecule has 0 aliphatic rings. The van der Waals surface area contributed by atoms with Gasteiger partial charge in [-0.25, -0.2) is 0 Å². The lowest BCUT2D eigenvalue weighted by molar-refractivity contribution is -0.137. The molecule has 0 aliphatic carbocycles. The van der Waals surface area contributed by atoms with Crippen molar-refractivity contribution in [3.63, 3.8) is 0 Å². The highest BCUT2D eigenvalue weighted by atomic mass is 32.1. The molecule has 1 aromatic heterocycles. The van der Waals surface area contributed by atoms with E-state index in [-0.39, 0.29) is 17.1 Å². The van der Waals surface area contributed by atoms with Gasteiger partial charge in [0.15, 0.2) is 0 Å². The van der Waals surface area contributed by atoms with Crippen molar-refractivity contribution in [3.05, 3.63) is 63.8 Å². The third-order valence-corrected chi connectivity index (χ3v) is 4.31. The molecular formula is C16H11F3N2O2S. The molecule has 0 spiro atoms. The molecule has 124 valence electrons. The van der Waals surface area contributed by atoms with Gasteiger partial charge in [0.2, 0.25) is 5.91 Å². The first-order chi connectivity index (χ1) is 11.3. The number of hydrogen-bond acceptors (Lipinski definition) is 3. The number of thiazole rings is 1. The normalized spacial score (nSPS) is 11.6. The molecule has 0 bridgehead atoms. The average molecular weight is 352 g/mol. The van der Waals surface area contributed by atoms with Gasteiger partial charge in [0.1, 0.15) is 6.54 Å². The van der Waals surface area contributed by atoms with Crippen LogP contribution in [0.1, 0.15) is 5.56 Å². The van der Waals surface area contributed by atoms with E-state index in [0.717, 1.165) is 28.2 Å². The summed E-state index contributed by atoms with van der Waals surface area (Å²) in [6.45, 7) is -0.265. The van der Waals surface area contributed by atoms with Crippen LogP contribution in [0.5, 0.6) is 0 Å². The van der Waals surface area contributed by atoms with Gasteiger partial charge in [-0.05, 0) is 30.3 Å². The number of amides is 1. The molecule has 1 heterocycles. The van der Waals surface area contributed by atoms with Gasteiger partial charge in [0.05, 0.1) is 15.8 Å². The van der Waals surface area contributed by atoms with Gasteiger partial charge in [-0.15, -0.1) is 0 Å². The van der Waals surface area contributed by atoms with Gasteiger partial charge in [0.25, 0.3) is 0 Å². The highest BCUT2D eigenvalue weighted by Crippen LogP contribution is 2.30. The summed E-state index contributed by atoms with van der Waals surface area (Å²) < 4.78 is 40.1. The highest BCUT2D eigenvalue weighted by molar-refractivity contribution is 7.16. The number of para-hydroxylation sites is 1. The minimum absolute atomic E-state index is 0.0300. The van der Waals surface area contributed by atoms with Crippen LogP contribution in [0.15, 0.2) is 53.3 Å². The van der Waals surface area contributed by atoms with Crippen LogP contribution in [0.25, 0.3) is 10.2 Å². The SMILES string of the molecule is O=C(Cn1c(=O)sc2ccccc21)Nc1cccc(C(F)(F)F)c1. The molecule has 0 atom stereocenters. The van der Waals surface area contributed by atoms with E-state index in [4.69, 9.17) is 0 Å². The predicted octanol–water partition coefficient (Wildman–Crippen LogP) is 3.72. The Hall–Kier alpha value is -2.61. The van der Waals surface area contributed by atoms with Gasteiger partial charge in [-0.1, -0.05) is 29.5 Å². The molecule has 1 N–H and O–H groups in total. The number of carbonyl (C=O) groups is 1. The van der Waals surface area contributed by atoms with Crippen molar-refractivity contribution < 1.29 is 18.0 Å². The van der Waals surface area contributed by atoms with E-state index in [0.29, 0.717) is 5.52 Å². The summed E-state index contributed by atoms with van der Waals surface area (Å²) in [6, 6.07) is 11.4. The first kappa shape index (κ1) is 16.3. The molecule has 0 unspecified atom stereocenters. The van der Waals surface area contributed by atoms with Gasteiger partial charge in [-0.2, -0.15) is 13.2 Å². The fourth-order valence-electron chi connectivity index (χ4n) is 2.28. The number of nitrogens with zero attached hydrogens (tertiary/aromatic N) is 1. The molecule has 0 saturated heterocycles. The van der Waals surface area contributed by atoms with Crippen LogP contribution < -0.4 is 10.2 Å². The number of anilines is 1. The highest BCUT2D eigenvalue weighted by Gasteiger charge is 2.30. The van der Waals surface area contributed by atoms with Crippen LogP contribution in [0.3, 0.4) is 0 Å². The van der Waals surface area contributed by atoms with Crippen molar-refractivity contribution >= 4 is 33.1 Å². The van der Waals surface area contributed by atoms with Crippen LogP contribution >= 0.6 is 11.3 Å². The Bertz CT molecular complexity index is 960. The summed E-state index contributed by atoms with van der Waals surface area (Å²) in [5.41, 5.74) is -0.201. The zero-order chi connectivity index (χ0) is 17.3. The summed E-state index contributed by atoms with van der Waals surface area (Å²) in [4.78, 5) is 23.8. The van der Waals surface area contributed by atoms with E-state index in [1.165, 1.54) is 16.7 Å². The smallest absolute Gasteiger partial charge is 0.325 e. The number of benzene rings is 2. The second-order valence-electron chi connectivity index (χ2n) is 5.05.